The number of halogens is 3. The van der Waals surface area contributed by atoms with Crippen molar-refractivity contribution in [3.8, 4) is 11.3 Å². The zero-order valence-corrected chi connectivity index (χ0v) is 12.8. The lowest BCUT2D eigenvalue weighted by Crippen LogP contribution is -2.21. The maximum Gasteiger partial charge on any atom is 0.416 e. The van der Waals surface area contributed by atoms with Gasteiger partial charge in [-0.1, -0.05) is 12.1 Å². The molecular formula is C14H11F3N6S. The van der Waals surface area contributed by atoms with Crippen molar-refractivity contribution >= 4 is 28.5 Å². The molecule has 0 atom stereocenters. The summed E-state index contributed by atoms with van der Waals surface area (Å²) in [6, 6.07) is 4.95. The summed E-state index contributed by atoms with van der Waals surface area (Å²) < 4.78 is 40.5. The number of nitrogens with zero attached hydrogens (tertiary/aromatic N) is 4. The molecule has 0 spiro atoms. The molecule has 0 saturated heterocycles. The van der Waals surface area contributed by atoms with Gasteiger partial charge in [0.1, 0.15) is 0 Å². The summed E-state index contributed by atoms with van der Waals surface area (Å²) in [5, 5.41) is 9.04. The molecule has 0 amide bonds. The highest BCUT2D eigenvalue weighted by Crippen LogP contribution is 2.33. The molecule has 0 unspecified atom stereocenters. The Morgan fingerprint density at radius 3 is 2.79 bits per heavy atom. The minimum absolute atomic E-state index is 0.224. The first-order valence-electron chi connectivity index (χ1n) is 6.61. The quantitative estimate of drug-likeness (QED) is 0.431. The molecule has 3 rings (SSSR count). The molecule has 0 aliphatic heterocycles. The molecule has 2 heterocycles. The number of hydrogen-bond donors (Lipinski definition) is 2. The molecule has 0 aliphatic carbocycles. The van der Waals surface area contributed by atoms with Crippen LogP contribution < -0.4 is 11.5 Å². The van der Waals surface area contributed by atoms with Gasteiger partial charge in [-0.15, -0.1) is 16.4 Å². The monoisotopic (exact) mass is 352 g/mol. The number of fused-ring (bicyclic) bond motifs is 1. The molecule has 0 bridgehead atoms. The van der Waals surface area contributed by atoms with E-state index in [2.05, 4.69) is 15.2 Å². The Morgan fingerprint density at radius 2 is 2.08 bits per heavy atom. The van der Waals surface area contributed by atoms with Crippen molar-refractivity contribution in [2.45, 2.75) is 6.18 Å². The van der Waals surface area contributed by atoms with Gasteiger partial charge in [0.05, 0.1) is 23.2 Å². The van der Waals surface area contributed by atoms with E-state index in [0.717, 1.165) is 12.1 Å². The highest BCUT2D eigenvalue weighted by atomic mass is 32.1. The molecule has 24 heavy (non-hydrogen) atoms. The van der Waals surface area contributed by atoms with E-state index in [1.165, 1.54) is 23.6 Å². The van der Waals surface area contributed by atoms with Gasteiger partial charge in [-0.05, 0) is 12.1 Å². The molecular weight excluding hydrogens is 341 g/mol. The Kier molecular flexibility index (Phi) is 3.97. The van der Waals surface area contributed by atoms with E-state index in [1.807, 2.05) is 0 Å². The number of nitrogens with two attached hydrogens (primary N) is 2. The molecule has 6 nitrogen and oxygen atoms in total. The number of imidazole rings is 1. The second-order valence-electron chi connectivity index (χ2n) is 4.75. The van der Waals surface area contributed by atoms with Gasteiger partial charge in [-0.3, -0.25) is 4.40 Å². The first-order chi connectivity index (χ1) is 11.4. The first kappa shape index (κ1) is 16.0. The van der Waals surface area contributed by atoms with Crippen LogP contribution in [0.5, 0.6) is 0 Å². The van der Waals surface area contributed by atoms with E-state index in [1.54, 1.807) is 22.0 Å². The average molecular weight is 352 g/mol. The number of aromatic nitrogens is 2. The molecule has 2 aromatic heterocycles. The minimum Gasteiger partial charge on any atom is -0.369 e. The number of rotatable bonds is 3. The van der Waals surface area contributed by atoms with Gasteiger partial charge >= 0.3 is 6.18 Å². The summed E-state index contributed by atoms with van der Waals surface area (Å²) in [7, 11) is 0. The standard InChI is InChI=1S/C14H11F3N6S/c15-14(16,17)9-3-1-2-8(6-9)11-10(7-20-22-12(18)19)23-4-5-24-13(23)21-11/h1-7H,(H4,18,19,22)/b20-7+. The predicted molar refractivity (Wildman–Crippen MR) is 86.9 cm³/mol. The van der Waals surface area contributed by atoms with E-state index in [4.69, 9.17) is 11.5 Å². The largest absolute Gasteiger partial charge is 0.416 e. The van der Waals surface area contributed by atoms with Crippen molar-refractivity contribution < 1.29 is 13.2 Å². The van der Waals surface area contributed by atoms with Crippen LogP contribution in [-0.4, -0.2) is 21.6 Å². The van der Waals surface area contributed by atoms with Gasteiger partial charge in [0.2, 0.25) is 5.96 Å². The van der Waals surface area contributed by atoms with Crippen LogP contribution in [-0.2, 0) is 6.18 Å². The topological polar surface area (TPSA) is 94.1 Å². The number of benzene rings is 1. The Balaban J connectivity index is 2.14. The van der Waals surface area contributed by atoms with Crippen LogP contribution in [0.1, 0.15) is 11.3 Å². The van der Waals surface area contributed by atoms with Crippen LogP contribution in [0.25, 0.3) is 16.2 Å². The van der Waals surface area contributed by atoms with Crippen LogP contribution in [0.15, 0.2) is 46.0 Å². The fourth-order valence-corrected chi connectivity index (χ4v) is 2.85. The third-order valence-electron chi connectivity index (χ3n) is 3.12. The van der Waals surface area contributed by atoms with Gasteiger partial charge in [-0.2, -0.15) is 18.3 Å². The molecule has 4 N–H and O–H groups in total. The SMILES string of the molecule is NC(N)=N/N=C/c1c(-c2cccc(C(F)(F)F)c2)nc2sccn12. The van der Waals surface area contributed by atoms with E-state index in [9.17, 15) is 13.2 Å². The van der Waals surface area contributed by atoms with Crippen molar-refractivity contribution in [3.05, 3.63) is 47.1 Å². The summed E-state index contributed by atoms with van der Waals surface area (Å²) in [4.78, 5) is 4.99. The zero-order valence-electron chi connectivity index (χ0n) is 12.0. The van der Waals surface area contributed by atoms with E-state index >= 15 is 0 Å². The molecule has 0 fully saturated rings. The third kappa shape index (κ3) is 3.08. The molecule has 0 aliphatic rings. The smallest absolute Gasteiger partial charge is 0.369 e. The summed E-state index contributed by atoms with van der Waals surface area (Å²) in [5.41, 5.74) is 10.8. The molecule has 1 aromatic carbocycles. The van der Waals surface area contributed by atoms with Crippen LogP contribution in [0, 0.1) is 0 Å². The lowest BCUT2D eigenvalue weighted by Gasteiger charge is -2.08. The Bertz CT molecular complexity index is 934. The third-order valence-corrected chi connectivity index (χ3v) is 3.87. The van der Waals surface area contributed by atoms with Crippen molar-refractivity contribution in [3.63, 3.8) is 0 Å². The van der Waals surface area contributed by atoms with Crippen LogP contribution in [0.2, 0.25) is 0 Å². The summed E-state index contributed by atoms with van der Waals surface area (Å²) in [6.07, 6.45) is -1.34. The summed E-state index contributed by atoms with van der Waals surface area (Å²) in [6.45, 7) is 0. The van der Waals surface area contributed by atoms with Gasteiger partial charge < -0.3 is 11.5 Å². The Labute approximate surface area is 137 Å². The van der Waals surface area contributed by atoms with Crippen molar-refractivity contribution in [1.29, 1.82) is 0 Å². The van der Waals surface area contributed by atoms with Crippen LogP contribution in [0.3, 0.4) is 0 Å². The second kappa shape index (κ2) is 5.96. The van der Waals surface area contributed by atoms with Crippen LogP contribution in [0.4, 0.5) is 13.2 Å². The number of thiazole rings is 1. The maximum atomic E-state index is 12.9. The molecule has 0 radical (unpaired) electrons. The first-order valence-corrected chi connectivity index (χ1v) is 7.49. The second-order valence-corrected chi connectivity index (χ2v) is 5.62. The van der Waals surface area contributed by atoms with E-state index in [0.29, 0.717) is 21.9 Å². The predicted octanol–water partition coefficient (Wildman–Crippen LogP) is 2.69. The van der Waals surface area contributed by atoms with Crippen molar-refractivity contribution in [2.75, 3.05) is 0 Å². The number of hydrogen-bond acceptors (Lipinski definition) is 4. The van der Waals surface area contributed by atoms with E-state index < -0.39 is 11.7 Å². The zero-order chi connectivity index (χ0) is 17.3. The van der Waals surface area contributed by atoms with Crippen molar-refractivity contribution in [2.24, 2.45) is 21.7 Å². The number of guanidine groups is 1. The lowest BCUT2D eigenvalue weighted by molar-refractivity contribution is -0.137. The Morgan fingerprint density at radius 1 is 1.29 bits per heavy atom. The average Bonchev–Trinajstić information content (AvgIpc) is 3.08. The lowest BCUT2D eigenvalue weighted by atomic mass is 10.1. The van der Waals surface area contributed by atoms with Gasteiger partial charge in [0, 0.05) is 17.1 Å². The molecule has 10 heteroatoms. The van der Waals surface area contributed by atoms with Gasteiger partial charge in [0.25, 0.3) is 0 Å². The normalized spacial score (nSPS) is 12.1. The maximum absolute atomic E-state index is 12.9. The highest BCUT2D eigenvalue weighted by molar-refractivity contribution is 7.15. The number of alkyl halides is 3. The minimum atomic E-state index is -4.43. The van der Waals surface area contributed by atoms with Crippen LogP contribution >= 0.6 is 11.3 Å². The van der Waals surface area contributed by atoms with E-state index in [-0.39, 0.29) is 5.96 Å². The summed E-state index contributed by atoms with van der Waals surface area (Å²) >= 11 is 1.35. The Hall–Kier alpha value is -2.88. The molecule has 3 aromatic rings. The molecule has 124 valence electrons. The van der Waals surface area contributed by atoms with Gasteiger partial charge in [-0.25, -0.2) is 4.98 Å². The summed E-state index contributed by atoms with van der Waals surface area (Å²) in [5.74, 6) is -0.224. The highest BCUT2D eigenvalue weighted by Gasteiger charge is 2.30. The van der Waals surface area contributed by atoms with Gasteiger partial charge in [0.15, 0.2) is 4.96 Å². The van der Waals surface area contributed by atoms with Crippen molar-refractivity contribution in [1.82, 2.24) is 9.38 Å². The fourth-order valence-electron chi connectivity index (χ4n) is 2.13. The molecule has 0 saturated carbocycles. The fraction of sp³-hybridized carbons (Fsp3) is 0.0714.